The van der Waals surface area contributed by atoms with E-state index in [-0.39, 0.29) is 11.9 Å². The normalized spacial score (nSPS) is 15.2. The van der Waals surface area contributed by atoms with Crippen LogP contribution in [0.5, 0.6) is 0 Å². The molecule has 0 bridgehead atoms. The lowest BCUT2D eigenvalue weighted by Crippen LogP contribution is -2.47. The van der Waals surface area contributed by atoms with Crippen LogP contribution >= 0.6 is 0 Å². The topological polar surface area (TPSA) is 58.4 Å². The van der Waals surface area contributed by atoms with Gasteiger partial charge in [-0.05, 0) is 61.8 Å². The number of amides is 1. The summed E-state index contributed by atoms with van der Waals surface area (Å²) in [6.45, 7) is 6.43. The van der Waals surface area contributed by atoms with Gasteiger partial charge in [-0.25, -0.2) is 0 Å². The lowest BCUT2D eigenvalue weighted by Gasteiger charge is -2.34. The molecule has 0 aromatic heterocycles. The Labute approximate surface area is 165 Å². The van der Waals surface area contributed by atoms with Crippen molar-refractivity contribution in [1.29, 1.82) is 0 Å². The molecule has 0 saturated carbocycles. The van der Waals surface area contributed by atoms with Crippen molar-refractivity contribution in [2.45, 2.75) is 70.4 Å². The molecule has 1 heterocycles. The molecule has 1 amide bonds. The second kappa shape index (κ2) is 11.9. The third-order valence-electron chi connectivity index (χ3n) is 5.62. The van der Waals surface area contributed by atoms with Gasteiger partial charge in [-0.2, -0.15) is 0 Å². The van der Waals surface area contributed by atoms with Crippen LogP contribution in [0.3, 0.4) is 0 Å². The monoisotopic (exact) mass is 371 g/mol. The van der Waals surface area contributed by atoms with E-state index in [4.69, 9.17) is 5.73 Å². The van der Waals surface area contributed by atoms with Gasteiger partial charge in [0.25, 0.3) is 0 Å². The zero-order chi connectivity index (χ0) is 19.5. The van der Waals surface area contributed by atoms with Gasteiger partial charge in [0.05, 0.1) is 6.04 Å². The number of carbonyl (C=O) groups is 1. The Morgan fingerprint density at radius 2 is 2.04 bits per heavy atom. The summed E-state index contributed by atoms with van der Waals surface area (Å²) in [5, 5.41) is 2.83. The third kappa shape index (κ3) is 6.78. The van der Waals surface area contributed by atoms with E-state index in [9.17, 15) is 4.79 Å². The molecule has 1 aromatic rings. The minimum Gasteiger partial charge on any atom is -0.358 e. The van der Waals surface area contributed by atoms with Crippen molar-refractivity contribution in [2.24, 2.45) is 5.73 Å². The Morgan fingerprint density at radius 3 is 2.78 bits per heavy atom. The molecule has 27 heavy (non-hydrogen) atoms. The molecule has 1 aliphatic heterocycles. The van der Waals surface area contributed by atoms with Crippen LogP contribution in [0.4, 0.5) is 0 Å². The van der Waals surface area contributed by atoms with Crippen molar-refractivity contribution in [3.63, 3.8) is 0 Å². The quantitative estimate of drug-likeness (QED) is 0.436. The summed E-state index contributed by atoms with van der Waals surface area (Å²) in [6, 6.07) is 6.90. The largest absolute Gasteiger partial charge is 0.358 e. The molecule has 4 nitrogen and oxygen atoms in total. The number of hydrogen-bond acceptors (Lipinski definition) is 3. The molecule has 0 fully saturated rings. The van der Waals surface area contributed by atoms with Crippen molar-refractivity contribution in [3.8, 4) is 0 Å². The Kier molecular flexibility index (Phi) is 9.57. The fourth-order valence-corrected chi connectivity index (χ4v) is 3.98. The maximum Gasteiger partial charge on any atom is 0.237 e. The van der Waals surface area contributed by atoms with E-state index >= 15 is 0 Å². The van der Waals surface area contributed by atoms with Crippen molar-refractivity contribution in [3.05, 3.63) is 47.5 Å². The molecule has 0 spiro atoms. The van der Waals surface area contributed by atoms with E-state index < -0.39 is 0 Å². The molecule has 1 unspecified atom stereocenters. The molecule has 4 heteroatoms. The first-order valence-corrected chi connectivity index (χ1v) is 10.6. The molecule has 2 rings (SSSR count). The van der Waals surface area contributed by atoms with Crippen LogP contribution in [-0.4, -0.2) is 37.0 Å². The van der Waals surface area contributed by atoms with Crippen LogP contribution in [-0.2, 0) is 24.2 Å². The average molecular weight is 372 g/mol. The molecule has 1 aromatic carbocycles. The molecule has 3 N–H and O–H groups in total. The zero-order valence-electron chi connectivity index (χ0n) is 17.0. The van der Waals surface area contributed by atoms with Gasteiger partial charge in [-0.3, -0.25) is 9.69 Å². The van der Waals surface area contributed by atoms with E-state index in [1.54, 1.807) is 7.05 Å². The summed E-state index contributed by atoms with van der Waals surface area (Å²) in [6.07, 6.45) is 12.0. The highest BCUT2D eigenvalue weighted by Gasteiger charge is 2.27. The lowest BCUT2D eigenvalue weighted by atomic mass is 9.93. The number of likely N-dealkylation sites (N-methyl/N-ethyl adjacent to an activating group) is 1. The van der Waals surface area contributed by atoms with Crippen LogP contribution in [0.2, 0.25) is 0 Å². The van der Waals surface area contributed by atoms with E-state index in [0.717, 1.165) is 51.7 Å². The summed E-state index contributed by atoms with van der Waals surface area (Å²) in [4.78, 5) is 14.7. The molecule has 150 valence electrons. The van der Waals surface area contributed by atoms with Crippen LogP contribution in [0.25, 0.3) is 0 Å². The summed E-state index contributed by atoms with van der Waals surface area (Å²) < 4.78 is 0. The van der Waals surface area contributed by atoms with Crippen LogP contribution in [0.1, 0.15) is 61.6 Å². The molecular formula is C23H37N3O. The van der Waals surface area contributed by atoms with Gasteiger partial charge in [0.2, 0.25) is 5.91 Å². The average Bonchev–Trinajstić information content (AvgIpc) is 2.70. The second-order valence-corrected chi connectivity index (χ2v) is 7.63. The van der Waals surface area contributed by atoms with Gasteiger partial charge >= 0.3 is 0 Å². The highest BCUT2D eigenvalue weighted by molar-refractivity contribution is 5.81. The lowest BCUT2D eigenvalue weighted by molar-refractivity contribution is -0.126. The fraction of sp³-hybridized carbons (Fsp3) is 0.609. The summed E-state index contributed by atoms with van der Waals surface area (Å²) in [5.41, 5.74) is 9.82. The fourth-order valence-electron chi connectivity index (χ4n) is 3.98. The SMILES string of the molecule is C=CCCC(C(=O)NC)N1CCc2ccc(CCCCCCCN)cc2C1. The Hall–Kier alpha value is -1.65. The highest BCUT2D eigenvalue weighted by atomic mass is 16.2. The van der Waals surface area contributed by atoms with Gasteiger partial charge in [-0.1, -0.05) is 43.5 Å². The minimum atomic E-state index is -0.0626. The first kappa shape index (κ1) is 21.6. The number of nitrogens with zero attached hydrogens (tertiary/aromatic N) is 1. The van der Waals surface area contributed by atoms with Crippen LogP contribution in [0.15, 0.2) is 30.9 Å². The number of aryl methyl sites for hydroxylation is 1. The Balaban J connectivity index is 1.94. The van der Waals surface area contributed by atoms with Crippen molar-refractivity contribution in [2.75, 3.05) is 20.1 Å². The number of hydrogen-bond donors (Lipinski definition) is 2. The Bertz CT molecular complexity index is 599. The standard InChI is InChI=1S/C23H37N3O/c1-3-4-11-22(23(27)25-2)26-16-14-20-13-12-19(17-21(20)18-26)10-8-6-5-7-9-15-24/h3,12-13,17,22H,1,4-11,14-16,18,24H2,2H3,(H,25,27). The van der Waals surface area contributed by atoms with E-state index in [0.29, 0.717) is 0 Å². The number of nitrogens with one attached hydrogen (secondary N) is 1. The number of benzene rings is 1. The van der Waals surface area contributed by atoms with Crippen molar-refractivity contribution >= 4 is 5.91 Å². The molecule has 1 atom stereocenters. The summed E-state index contributed by atoms with van der Waals surface area (Å²) in [7, 11) is 1.73. The number of fused-ring (bicyclic) bond motifs is 1. The third-order valence-corrected chi connectivity index (χ3v) is 5.62. The predicted molar refractivity (Wildman–Crippen MR) is 114 cm³/mol. The van der Waals surface area contributed by atoms with Gasteiger partial charge in [0.15, 0.2) is 0 Å². The maximum absolute atomic E-state index is 12.4. The Morgan fingerprint density at radius 1 is 1.26 bits per heavy atom. The molecular weight excluding hydrogens is 334 g/mol. The van der Waals surface area contributed by atoms with Gasteiger partial charge in [0.1, 0.15) is 0 Å². The molecule has 0 aliphatic carbocycles. The maximum atomic E-state index is 12.4. The van der Waals surface area contributed by atoms with Gasteiger partial charge < -0.3 is 11.1 Å². The van der Waals surface area contributed by atoms with Gasteiger partial charge in [-0.15, -0.1) is 6.58 Å². The summed E-state index contributed by atoms with van der Waals surface area (Å²) in [5.74, 6) is 0.119. The second-order valence-electron chi connectivity index (χ2n) is 7.63. The zero-order valence-corrected chi connectivity index (χ0v) is 17.0. The number of carbonyl (C=O) groups excluding carboxylic acids is 1. The predicted octanol–water partition coefficient (Wildman–Crippen LogP) is 3.58. The van der Waals surface area contributed by atoms with Gasteiger partial charge in [0, 0.05) is 20.1 Å². The first-order valence-electron chi connectivity index (χ1n) is 10.6. The highest BCUT2D eigenvalue weighted by Crippen LogP contribution is 2.24. The van der Waals surface area contributed by atoms with E-state index in [2.05, 4.69) is 35.0 Å². The van der Waals surface area contributed by atoms with E-state index in [1.807, 2.05) is 6.08 Å². The number of rotatable bonds is 12. The number of allylic oxidation sites excluding steroid dienone is 1. The van der Waals surface area contributed by atoms with Crippen LogP contribution in [0, 0.1) is 0 Å². The van der Waals surface area contributed by atoms with Crippen molar-refractivity contribution in [1.82, 2.24) is 10.2 Å². The molecule has 0 radical (unpaired) electrons. The molecule has 1 aliphatic rings. The smallest absolute Gasteiger partial charge is 0.237 e. The first-order chi connectivity index (χ1) is 13.2. The summed E-state index contributed by atoms with van der Waals surface area (Å²) >= 11 is 0. The van der Waals surface area contributed by atoms with Crippen molar-refractivity contribution < 1.29 is 4.79 Å². The van der Waals surface area contributed by atoms with Crippen LogP contribution < -0.4 is 11.1 Å². The van der Waals surface area contributed by atoms with E-state index in [1.165, 1.54) is 42.4 Å². The molecule has 0 saturated heterocycles. The number of nitrogens with two attached hydrogens (primary N) is 1. The minimum absolute atomic E-state index is 0.0626. The number of unbranched alkanes of at least 4 members (excludes halogenated alkanes) is 4.